The molecule has 2 fully saturated rings. The fraction of sp³-hybridized carbons (Fsp3) is 0.321. The molecule has 0 unspecified atom stereocenters. The largest absolute Gasteiger partial charge is 0.497 e. The molecule has 34 heavy (non-hydrogen) atoms. The minimum absolute atomic E-state index is 0.161. The van der Waals surface area contributed by atoms with Crippen molar-refractivity contribution in [3.05, 3.63) is 95.6 Å². The molecule has 0 bridgehead atoms. The van der Waals surface area contributed by atoms with Crippen LogP contribution in [-0.2, 0) is 15.1 Å². The van der Waals surface area contributed by atoms with Crippen LogP contribution in [0.15, 0.2) is 78.9 Å². The van der Waals surface area contributed by atoms with Crippen molar-refractivity contribution in [2.24, 2.45) is 0 Å². The number of hydrogen-bond donors (Lipinski definition) is 1. The lowest BCUT2D eigenvalue weighted by Crippen LogP contribution is -2.62. The number of fused-ring (bicyclic) bond motifs is 1. The SMILES string of the molecule is COc1ccc([C@@H](O)[C@@H]2OC(c3ccccc3)(c3ccccc3)[C@@H]3CCCN3C2=O)c(OC)c1. The third-order valence-electron chi connectivity index (χ3n) is 7.01. The number of aliphatic hydroxyl groups excluding tert-OH is 1. The number of morpholine rings is 1. The summed E-state index contributed by atoms with van der Waals surface area (Å²) in [6.45, 7) is 0.636. The second-order valence-corrected chi connectivity index (χ2v) is 8.75. The molecule has 2 saturated heterocycles. The summed E-state index contributed by atoms with van der Waals surface area (Å²) < 4.78 is 17.6. The van der Waals surface area contributed by atoms with E-state index in [4.69, 9.17) is 14.2 Å². The predicted molar refractivity (Wildman–Crippen MR) is 128 cm³/mol. The highest BCUT2D eigenvalue weighted by Crippen LogP contribution is 2.49. The first kappa shape index (κ1) is 22.4. The Hall–Kier alpha value is -3.35. The molecule has 6 nitrogen and oxygen atoms in total. The van der Waals surface area contributed by atoms with Crippen LogP contribution < -0.4 is 9.47 Å². The Morgan fingerprint density at radius 3 is 2.21 bits per heavy atom. The fourth-order valence-corrected chi connectivity index (χ4v) is 5.43. The minimum atomic E-state index is -1.22. The van der Waals surface area contributed by atoms with Gasteiger partial charge >= 0.3 is 0 Å². The Bertz CT molecular complexity index is 1110. The van der Waals surface area contributed by atoms with Gasteiger partial charge in [0.25, 0.3) is 5.91 Å². The fourth-order valence-electron chi connectivity index (χ4n) is 5.43. The summed E-state index contributed by atoms with van der Waals surface area (Å²) in [6, 6.07) is 25.0. The van der Waals surface area contributed by atoms with Crippen molar-refractivity contribution in [1.29, 1.82) is 0 Å². The van der Waals surface area contributed by atoms with Crippen molar-refractivity contribution in [3.63, 3.8) is 0 Å². The highest BCUT2D eigenvalue weighted by atomic mass is 16.5. The molecule has 6 heteroatoms. The van der Waals surface area contributed by atoms with Crippen molar-refractivity contribution in [1.82, 2.24) is 4.90 Å². The van der Waals surface area contributed by atoms with E-state index < -0.39 is 17.8 Å². The molecule has 0 spiro atoms. The van der Waals surface area contributed by atoms with E-state index in [1.54, 1.807) is 25.3 Å². The summed E-state index contributed by atoms with van der Waals surface area (Å²) in [4.78, 5) is 15.6. The number of benzene rings is 3. The van der Waals surface area contributed by atoms with E-state index in [0.29, 0.717) is 23.6 Å². The maximum absolute atomic E-state index is 13.7. The van der Waals surface area contributed by atoms with Crippen LogP contribution >= 0.6 is 0 Å². The summed E-state index contributed by atoms with van der Waals surface area (Å²) in [5, 5.41) is 11.5. The lowest BCUT2D eigenvalue weighted by molar-refractivity contribution is -0.204. The maximum atomic E-state index is 13.7. The molecule has 0 radical (unpaired) electrons. The summed E-state index contributed by atoms with van der Waals surface area (Å²) in [6.07, 6.45) is -0.612. The van der Waals surface area contributed by atoms with Crippen molar-refractivity contribution >= 4 is 5.91 Å². The van der Waals surface area contributed by atoms with Crippen LogP contribution in [0.1, 0.15) is 35.6 Å². The Morgan fingerprint density at radius 1 is 0.971 bits per heavy atom. The highest BCUT2D eigenvalue weighted by Gasteiger charge is 2.57. The van der Waals surface area contributed by atoms with Gasteiger partial charge in [0.1, 0.15) is 23.2 Å². The van der Waals surface area contributed by atoms with Gasteiger partial charge in [0.2, 0.25) is 0 Å². The topological polar surface area (TPSA) is 68.2 Å². The summed E-state index contributed by atoms with van der Waals surface area (Å²) in [5.41, 5.74) is 1.50. The third-order valence-corrected chi connectivity index (χ3v) is 7.01. The third kappa shape index (κ3) is 3.54. The molecule has 3 aromatic rings. The van der Waals surface area contributed by atoms with Crippen LogP contribution in [0.25, 0.3) is 0 Å². The van der Waals surface area contributed by atoms with Crippen LogP contribution in [0, 0.1) is 0 Å². The van der Waals surface area contributed by atoms with Gasteiger partial charge in [-0.05, 0) is 36.1 Å². The molecule has 3 atom stereocenters. The maximum Gasteiger partial charge on any atom is 0.255 e. The van der Waals surface area contributed by atoms with Crippen LogP contribution in [0.5, 0.6) is 11.5 Å². The normalized spacial score (nSPS) is 22.2. The van der Waals surface area contributed by atoms with Gasteiger partial charge < -0.3 is 24.2 Å². The molecule has 2 heterocycles. The highest BCUT2D eigenvalue weighted by molar-refractivity contribution is 5.84. The smallest absolute Gasteiger partial charge is 0.255 e. The van der Waals surface area contributed by atoms with Gasteiger partial charge in [-0.15, -0.1) is 0 Å². The first-order valence-electron chi connectivity index (χ1n) is 11.6. The number of hydrogen-bond acceptors (Lipinski definition) is 5. The zero-order chi connectivity index (χ0) is 23.7. The van der Waals surface area contributed by atoms with Gasteiger partial charge in [0.05, 0.1) is 20.3 Å². The number of amides is 1. The van der Waals surface area contributed by atoms with E-state index in [1.165, 1.54) is 7.11 Å². The molecule has 2 aliphatic rings. The minimum Gasteiger partial charge on any atom is -0.497 e. The van der Waals surface area contributed by atoms with E-state index in [2.05, 4.69) is 0 Å². The summed E-state index contributed by atoms with van der Waals surface area (Å²) >= 11 is 0. The Balaban J connectivity index is 1.65. The van der Waals surface area contributed by atoms with Crippen LogP contribution in [0.4, 0.5) is 0 Å². The monoisotopic (exact) mass is 459 g/mol. The number of nitrogens with zero attached hydrogens (tertiary/aromatic N) is 1. The first-order valence-corrected chi connectivity index (χ1v) is 11.6. The molecule has 0 aromatic heterocycles. The summed E-state index contributed by atoms with van der Waals surface area (Å²) in [7, 11) is 3.10. The second kappa shape index (κ2) is 9.12. The van der Waals surface area contributed by atoms with E-state index in [9.17, 15) is 9.90 Å². The Labute approximate surface area is 199 Å². The van der Waals surface area contributed by atoms with Crippen molar-refractivity contribution in [2.45, 2.75) is 36.7 Å². The molecule has 3 aromatic carbocycles. The average molecular weight is 460 g/mol. The van der Waals surface area contributed by atoms with Gasteiger partial charge in [0, 0.05) is 18.2 Å². The lowest BCUT2D eigenvalue weighted by atomic mass is 9.77. The second-order valence-electron chi connectivity index (χ2n) is 8.75. The van der Waals surface area contributed by atoms with Crippen LogP contribution in [0.3, 0.4) is 0 Å². The van der Waals surface area contributed by atoms with Gasteiger partial charge in [-0.2, -0.15) is 0 Å². The van der Waals surface area contributed by atoms with Crippen molar-refractivity contribution in [2.75, 3.05) is 20.8 Å². The Morgan fingerprint density at radius 2 is 1.62 bits per heavy atom. The molecule has 176 valence electrons. The standard InChI is InChI=1S/C28H29NO5/c1-32-21-15-16-22(23(18-21)33-2)25(30)26-27(31)29-17-9-14-24(29)28(34-26,19-10-5-3-6-11-19)20-12-7-4-8-13-20/h3-8,10-13,15-16,18,24-26,30H,9,14,17H2,1-2H3/t24-,25+,26-/m0/s1. The lowest BCUT2D eigenvalue weighted by Gasteiger charge is -2.51. The van der Waals surface area contributed by atoms with Gasteiger partial charge in [-0.3, -0.25) is 4.79 Å². The van der Waals surface area contributed by atoms with E-state index >= 15 is 0 Å². The Kier molecular flexibility index (Phi) is 6.02. The summed E-state index contributed by atoms with van der Waals surface area (Å²) in [5.74, 6) is 0.846. The molecule has 0 aliphatic carbocycles. The molecule has 1 N–H and O–H groups in total. The van der Waals surface area contributed by atoms with Crippen molar-refractivity contribution in [3.8, 4) is 11.5 Å². The number of carbonyl (C=O) groups is 1. The number of ether oxygens (including phenoxy) is 3. The van der Waals surface area contributed by atoms with E-state index in [0.717, 1.165) is 24.0 Å². The molecule has 1 amide bonds. The molecular formula is C28H29NO5. The molecular weight excluding hydrogens is 430 g/mol. The molecule has 0 saturated carbocycles. The number of carbonyl (C=O) groups excluding carboxylic acids is 1. The predicted octanol–water partition coefficient (Wildman–Crippen LogP) is 4.07. The van der Waals surface area contributed by atoms with E-state index in [-0.39, 0.29) is 11.9 Å². The van der Waals surface area contributed by atoms with Crippen LogP contribution in [-0.4, -0.2) is 48.8 Å². The van der Waals surface area contributed by atoms with Crippen molar-refractivity contribution < 1.29 is 24.1 Å². The number of rotatable bonds is 6. The van der Waals surface area contributed by atoms with Gasteiger partial charge in [0.15, 0.2) is 6.10 Å². The number of methoxy groups -OCH3 is 2. The average Bonchev–Trinajstić information content (AvgIpc) is 3.41. The van der Waals surface area contributed by atoms with Crippen LogP contribution in [0.2, 0.25) is 0 Å². The molecule has 5 rings (SSSR count). The van der Waals surface area contributed by atoms with E-state index in [1.807, 2.05) is 65.6 Å². The quantitative estimate of drug-likeness (QED) is 0.602. The molecule has 2 aliphatic heterocycles. The first-order chi connectivity index (χ1) is 16.6. The van der Waals surface area contributed by atoms with Gasteiger partial charge in [-0.25, -0.2) is 0 Å². The number of aliphatic hydroxyl groups is 1. The van der Waals surface area contributed by atoms with Gasteiger partial charge in [-0.1, -0.05) is 60.7 Å². The zero-order valence-electron chi connectivity index (χ0n) is 19.4. The zero-order valence-corrected chi connectivity index (χ0v) is 19.4.